The van der Waals surface area contributed by atoms with Crippen LogP contribution in [0.5, 0.6) is 11.5 Å². The van der Waals surface area contributed by atoms with Gasteiger partial charge in [-0.25, -0.2) is 9.59 Å². The Bertz CT molecular complexity index is 2200. The lowest BCUT2D eigenvalue weighted by Gasteiger charge is -2.51. The number of aromatic nitrogens is 2. The van der Waals surface area contributed by atoms with E-state index in [9.17, 15) is 9.59 Å². The molecule has 8 heterocycles. The molecule has 10 heteroatoms. The third-order valence-electron chi connectivity index (χ3n) is 13.4. The van der Waals surface area contributed by atoms with Gasteiger partial charge in [-0.15, -0.1) is 13.2 Å². The van der Waals surface area contributed by atoms with Crippen LogP contribution in [0.15, 0.2) is 111 Å². The fraction of sp³-hybridized carbons (Fsp3) is 0.375. The number of methoxy groups -OCH3 is 2. The Morgan fingerprint density at radius 1 is 0.655 bits per heavy atom. The maximum Gasteiger partial charge on any atom is 0.338 e. The number of carbonyl (C=O) groups is 2. The number of esters is 2. The number of pyridine rings is 2. The molecule has 4 bridgehead atoms. The van der Waals surface area contributed by atoms with Gasteiger partial charge in [-0.05, 0) is 135 Å². The van der Waals surface area contributed by atoms with Gasteiger partial charge in [0.2, 0.25) is 0 Å². The van der Waals surface area contributed by atoms with Gasteiger partial charge in [0.05, 0.1) is 48.5 Å². The van der Waals surface area contributed by atoms with E-state index in [4.69, 9.17) is 18.9 Å². The minimum Gasteiger partial charge on any atom is -0.497 e. The summed E-state index contributed by atoms with van der Waals surface area (Å²) in [6.07, 6.45) is 10.6. The summed E-state index contributed by atoms with van der Waals surface area (Å²) in [6.45, 7) is 11.9. The monoisotopic (exact) mass is 778 g/mol. The summed E-state index contributed by atoms with van der Waals surface area (Å²) in [5.41, 5.74) is 4.10. The van der Waals surface area contributed by atoms with Gasteiger partial charge in [-0.3, -0.25) is 19.8 Å². The molecule has 6 aliphatic heterocycles. The van der Waals surface area contributed by atoms with Crippen molar-refractivity contribution >= 4 is 33.7 Å². The van der Waals surface area contributed by atoms with Gasteiger partial charge in [-0.1, -0.05) is 12.2 Å². The first-order chi connectivity index (χ1) is 28.3. The number of hydrogen-bond donors (Lipinski definition) is 0. The van der Waals surface area contributed by atoms with Gasteiger partial charge < -0.3 is 18.9 Å². The molecule has 0 spiro atoms. The molecule has 3 aromatic carbocycles. The predicted octanol–water partition coefficient (Wildman–Crippen LogP) is 8.39. The lowest BCUT2D eigenvalue weighted by Crippen LogP contribution is -2.55. The highest BCUT2D eigenvalue weighted by Gasteiger charge is 2.46. The van der Waals surface area contributed by atoms with E-state index in [0.29, 0.717) is 46.3 Å². The number of nitrogens with zero attached hydrogens (tertiary/aromatic N) is 4. The highest BCUT2D eigenvalue weighted by atomic mass is 16.5. The standard InChI is InChI=1S/C48H50N4O6/c1-5-29-27-51-21-17-33(29)23-43(51)45(37-15-19-49-41-13-11-35(55-3)25-39(37)41)57-47(53)31-7-9-32(10-8-31)48(54)58-46(44-24-34-18-22-52(44)28-30(34)6-2)38-16-20-50-42-14-12-36(56-4)26-40(38)42/h5-16,19-20,25-26,29-30,33-34,43-46H,1-2,17-18,21-24,27-28H2,3-4H3/t29-,30-,33-,34-,43-,44-,45+,46+/m0/s1. The van der Waals surface area contributed by atoms with Crippen molar-refractivity contribution in [2.45, 2.75) is 50.0 Å². The summed E-state index contributed by atoms with van der Waals surface area (Å²) in [5, 5.41) is 1.77. The number of benzene rings is 3. The van der Waals surface area contributed by atoms with Crippen LogP contribution in [-0.4, -0.2) is 84.2 Å². The zero-order valence-corrected chi connectivity index (χ0v) is 33.2. The molecule has 58 heavy (non-hydrogen) atoms. The maximum absolute atomic E-state index is 14.2. The normalized spacial score (nSPS) is 27.1. The van der Waals surface area contributed by atoms with Crippen molar-refractivity contribution < 1.29 is 28.5 Å². The number of ether oxygens (including phenoxy) is 4. The van der Waals surface area contributed by atoms with Crippen molar-refractivity contribution in [2.24, 2.45) is 23.7 Å². The Kier molecular flexibility index (Phi) is 10.5. The molecule has 2 aromatic heterocycles. The third kappa shape index (κ3) is 7.02. The molecule has 5 aromatic rings. The molecule has 10 nitrogen and oxygen atoms in total. The molecule has 0 radical (unpaired) electrons. The molecule has 10 atom stereocenters. The molecule has 6 saturated heterocycles. The number of piperidine rings is 6. The molecular formula is C48H50N4O6. The number of fused-ring (bicyclic) bond motifs is 8. The molecule has 0 aliphatic carbocycles. The van der Waals surface area contributed by atoms with Gasteiger partial charge in [0.25, 0.3) is 0 Å². The van der Waals surface area contributed by atoms with Gasteiger partial charge in [0.1, 0.15) is 23.7 Å². The average molecular weight is 779 g/mol. The highest BCUT2D eigenvalue weighted by Crippen LogP contribution is 2.46. The van der Waals surface area contributed by atoms with Crippen molar-refractivity contribution in [1.29, 1.82) is 0 Å². The van der Waals surface area contributed by atoms with Crippen LogP contribution in [0.25, 0.3) is 21.8 Å². The van der Waals surface area contributed by atoms with E-state index >= 15 is 0 Å². The smallest absolute Gasteiger partial charge is 0.338 e. The van der Waals surface area contributed by atoms with Crippen LogP contribution in [0.3, 0.4) is 0 Å². The van der Waals surface area contributed by atoms with Crippen LogP contribution in [-0.2, 0) is 9.47 Å². The Morgan fingerprint density at radius 3 is 1.45 bits per heavy atom. The number of hydrogen-bond acceptors (Lipinski definition) is 10. The third-order valence-corrected chi connectivity index (χ3v) is 13.4. The van der Waals surface area contributed by atoms with E-state index in [0.717, 1.165) is 84.8 Å². The van der Waals surface area contributed by atoms with E-state index in [-0.39, 0.29) is 12.1 Å². The first kappa shape index (κ1) is 38.0. The van der Waals surface area contributed by atoms with Crippen LogP contribution >= 0.6 is 0 Å². The van der Waals surface area contributed by atoms with Crippen molar-refractivity contribution in [1.82, 2.24) is 19.8 Å². The summed E-state index contributed by atoms with van der Waals surface area (Å²) in [4.78, 5) is 42.4. The van der Waals surface area contributed by atoms with E-state index in [2.05, 4.69) is 45.1 Å². The van der Waals surface area contributed by atoms with Gasteiger partial charge in [0, 0.05) is 47.4 Å². The molecule has 298 valence electrons. The molecule has 2 unspecified atom stereocenters. The molecule has 6 aliphatic rings. The van der Waals surface area contributed by atoms with Gasteiger partial charge in [0.15, 0.2) is 0 Å². The predicted molar refractivity (Wildman–Crippen MR) is 223 cm³/mol. The second-order valence-corrected chi connectivity index (χ2v) is 16.3. The Labute approximate surface area is 339 Å². The van der Waals surface area contributed by atoms with Gasteiger partial charge >= 0.3 is 11.9 Å². The molecule has 6 fully saturated rings. The zero-order valence-electron chi connectivity index (χ0n) is 33.2. The fourth-order valence-corrected chi connectivity index (χ4v) is 10.2. The topological polar surface area (TPSA) is 103 Å². The molecule has 11 rings (SSSR count). The lowest BCUT2D eigenvalue weighted by molar-refractivity contribution is -0.0571. The average Bonchev–Trinajstić information content (AvgIpc) is 3.29. The largest absolute Gasteiger partial charge is 0.497 e. The van der Waals surface area contributed by atoms with Crippen molar-refractivity contribution in [2.75, 3.05) is 40.4 Å². The van der Waals surface area contributed by atoms with Crippen LogP contribution in [0, 0.1) is 23.7 Å². The maximum atomic E-state index is 14.2. The summed E-state index contributed by atoms with van der Waals surface area (Å²) in [6, 6.07) is 22.1. The second-order valence-electron chi connectivity index (χ2n) is 16.3. The van der Waals surface area contributed by atoms with Crippen molar-refractivity contribution in [3.05, 3.63) is 133 Å². The van der Waals surface area contributed by atoms with E-state index in [1.807, 2.05) is 48.5 Å². The first-order valence-corrected chi connectivity index (χ1v) is 20.5. The van der Waals surface area contributed by atoms with E-state index in [1.54, 1.807) is 50.9 Å². The number of carbonyl (C=O) groups excluding carboxylic acids is 2. The Balaban J connectivity index is 0.997. The lowest BCUT2D eigenvalue weighted by atomic mass is 9.73. The minimum absolute atomic E-state index is 0.0151. The Hall–Kier alpha value is -5.58. The molecular weight excluding hydrogens is 729 g/mol. The van der Waals surface area contributed by atoms with Crippen LogP contribution in [0.4, 0.5) is 0 Å². The molecule has 0 N–H and O–H groups in total. The summed E-state index contributed by atoms with van der Waals surface area (Å²) in [7, 11) is 3.29. The van der Waals surface area contributed by atoms with E-state index < -0.39 is 24.1 Å². The quantitative estimate of drug-likeness (QED) is 0.0907. The SMILES string of the molecule is C=C[C@H]1CN2CC[C@H]1C[C@H]2[C@H](OC(=O)c1ccc(C(=O)O[C@H](c2ccnc3ccc(OC)cc23)[C@@H]2C[C@@H]3CCN2C[C@@H]3C=C)cc1)c1ccnc2ccc(OC)cc12. The summed E-state index contributed by atoms with van der Waals surface area (Å²) < 4.78 is 24.3. The van der Waals surface area contributed by atoms with Gasteiger partial charge in [-0.2, -0.15) is 0 Å². The zero-order chi connectivity index (χ0) is 39.9. The fourth-order valence-electron chi connectivity index (χ4n) is 10.2. The molecule has 0 saturated carbocycles. The summed E-state index contributed by atoms with van der Waals surface area (Å²) in [5.74, 6) is 2.27. The van der Waals surface area contributed by atoms with Crippen molar-refractivity contribution in [3.63, 3.8) is 0 Å². The second kappa shape index (κ2) is 16.0. The van der Waals surface area contributed by atoms with Crippen LogP contribution in [0.1, 0.15) is 69.7 Å². The Morgan fingerprint density at radius 2 is 1.09 bits per heavy atom. The minimum atomic E-state index is -0.556. The van der Waals surface area contributed by atoms with Crippen LogP contribution in [0.2, 0.25) is 0 Å². The van der Waals surface area contributed by atoms with E-state index in [1.165, 1.54) is 0 Å². The first-order valence-electron chi connectivity index (χ1n) is 20.5. The van der Waals surface area contributed by atoms with Crippen molar-refractivity contribution in [3.8, 4) is 11.5 Å². The number of rotatable bonds is 12. The van der Waals surface area contributed by atoms with Crippen LogP contribution < -0.4 is 9.47 Å². The highest BCUT2D eigenvalue weighted by molar-refractivity contribution is 5.94. The molecule has 0 amide bonds. The summed E-state index contributed by atoms with van der Waals surface area (Å²) >= 11 is 0.